The van der Waals surface area contributed by atoms with E-state index in [-0.39, 0.29) is 5.82 Å². The Morgan fingerprint density at radius 1 is 1.33 bits per heavy atom. The fourth-order valence-electron chi connectivity index (χ4n) is 1.90. The molecule has 1 atom stereocenters. The van der Waals surface area contributed by atoms with Crippen molar-refractivity contribution in [1.29, 1.82) is 0 Å². The van der Waals surface area contributed by atoms with Crippen molar-refractivity contribution in [3.05, 3.63) is 51.2 Å². The molecule has 96 valence electrons. The topological polar surface area (TPSA) is 33.1 Å². The summed E-state index contributed by atoms with van der Waals surface area (Å²) in [5.41, 5.74) is 0.0528. The smallest absolute Gasteiger partial charge is 0.129 e. The van der Waals surface area contributed by atoms with Crippen LogP contribution in [0.25, 0.3) is 0 Å². The van der Waals surface area contributed by atoms with E-state index in [0.29, 0.717) is 12.0 Å². The third-order valence-electron chi connectivity index (χ3n) is 3.02. The molecule has 0 bridgehead atoms. The number of aromatic nitrogens is 1. The molecular formula is C14H16FNOS. The van der Waals surface area contributed by atoms with Gasteiger partial charge in [0.1, 0.15) is 5.82 Å². The second-order valence-electron chi connectivity index (χ2n) is 4.68. The van der Waals surface area contributed by atoms with Gasteiger partial charge in [0.2, 0.25) is 0 Å². The molecule has 0 radical (unpaired) electrons. The van der Waals surface area contributed by atoms with Gasteiger partial charge >= 0.3 is 0 Å². The highest BCUT2D eigenvalue weighted by Crippen LogP contribution is 2.29. The van der Waals surface area contributed by atoms with E-state index in [2.05, 4.69) is 4.98 Å². The molecule has 0 saturated heterocycles. The highest BCUT2D eigenvalue weighted by molar-refractivity contribution is 7.11. The first-order valence-electron chi connectivity index (χ1n) is 5.80. The van der Waals surface area contributed by atoms with Gasteiger partial charge in [-0.3, -0.25) is 0 Å². The van der Waals surface area contributed by atoms with Crippen molar-refractivity contribution in [2.45, 2.75) is 32.8 Å². The lowest BCUT2D eigenvalue weighted by Gasteiger charge is -2.23. The Hall–Kier alpha value is -1.26. The predicted octanol–water partition coefficient (Wildman–Crippen LogP) is 3.35. The minimum absolute atomic E-state index is 0.315. The second kappa shape index (κ2) is 4.78. The average molecular weight is 265 g/mol. The molecule has 1 unspecified atom stereocenters. The van der Waals surface area contributed by atoms with E-state index in [4.69, 9.17) is 0 Å². The summed E-state index contributed by atoms with van der Waals surface area (Å²) in [5, 5.41) is 11.3. The molecular weight excluding hydrogens is 249 g/mol. The minimum Gasteiger partial charge on any atom is -0.385 e. The van der Waals surface area contributed by atoms with Crippen LogP contribution in [-0.2, 0) is 12.0 Å². The van der Waals surface area contributed by atoms with E-state index in [1.165, 1.54) is 6.07 Å². The molecule has 0 aliphatic carbocycles. The van der Waals surface area contributed by atoms with Crippen molar-refractivity contribution in [2.75, 3.05) is 0 Å². The average Bonchev–Trinajstić information content (AvgIpc) is 2.57. The lowest BCUT2D eigenvalue weighted by atomic mass is 9.92. The van der Waals surface area contributed by atoms with Gasteiger partial charge in [0.05, 0.1) is 16.3 Å². The quantitative estimate of drug-likeness (QED) is 0.923. The first-order chi connectivity index (χ1) is 8.40. The van der Waals surface area contributed by atoms with Crippen LogP contribution >= 0.6 is 11.3 Å². The van der Waals surface area contributed by atoms with Gasteiger partial charge in [0, 0.05) is 16.9 Å². The van der Waals surface area contributed by atoms with E-state index in [0.717, 1.165) is 15.6 Å². The third kappa shape index (κ3) is 2.60. The number of aryl methyl sites for hydroxylation is 2. The summed E-state index contributed by atoms with van der Waals surface area (Å²) in [6, 6.07) is 6.32. The standard InChI is InChI=1S/C14H16FNOS/c1-9-10(2)18-13(16-9)8-14(3,17)11-6-4-5-7-12(11)15/h4-7,17H,8H2,1-3H3. The summed E-state index contributed by atoms with van der Waals surface area (Å²) < 4.78 is 13.7. The van der Waals surface area contributed by atoms with E-state index >= 15 is 0 Å². The van der Waals surface area contributed by atoms with Crippen molar-refractivity contribution in [3.63, 3.8) is 0 Å². The molecule has 0 aliphatic rings. The van der Waals surface area contributed by atoms with E-state index in [9.17, 15) is 9.50 Å². The van der Waals surface area contributed by atoms with Gasteiger partial charge in [-0.1, -0.05) is 18.2 Å². The number of hydrogen-bond donors (Lipinski definition) is 1. The van der Waals surface area contributed by atoms with E-state index < -0.39 is 5.60 Å². The largest absolute Gasteiger partial charge is 0.385 e. The molecule has 0 saturated carbocycles. The Bertz CT molecular complexity index is 543. The van der Waals surface area contributed by atoms with E-state index in [1.807, 2.05) is 13.8 Å². The molecule has 0 aliphatic heterocycles. The fraction of sp³-hybridized carbons (Fsp3) is 0.357. The van der Waals surface area contributed by atoms with Crippen LogP contribution in [0.2, 0.25) is 0 Å². The number of aliphatic hydroxyl groups is 1. The number of nitrogens with zero attached hydrogens (tertiary/aromatic N) is 1. The van der Waals surface area contributed by atoms with Gasteiger partial charge in [-0.05, 0) is 26.8 Å². The molecule has 2 aromatic rings. The summed E-state index contributed by atoms with van der Waals surface area (Å²) in [7, 11) is 0. The maximum Gasteiger partial charge on any atom is 0.129 e. The Labute approximate surface area is 110 Å². The Morgan fingerprint density at radius 3 is 2.56 bits per heavy atom. The Morgan fingerprint density at radius 2 is 2.00 bits per heavy atom. The summed E-state index contributed by atoms with van der Waals surface area (Å²) in [5.74, 6) is -0.382. The molecule has 0 amide bonds. The van der Waals surface area contributed by atoms with Crippen molar-refractivity contribution in [2.24, 2.45) is 0 Å². The molecule has 1 N–H and O–H groups in total. The normalized spacial score (nSPS) is 14.5. The van der Waals surface area contributed by atoms with Crippen molar-refractivity contribution < 1.29 is 9.50 Å². The zero-order chi connectivity index (χ0) is 13.3. The van der Waals surface area contributed by atoms with Gasteiger partial charge < -0.3 is 5.11 Å². The molecule has 1 aromatic carbocycles. The van der Waals surface area contributed by atoms with Crippen LogP contribution in [0.4, 0.5) is 4.39 Å². The Kier molecular flexibility index (Phi) is 3.50. The SMILES string of the molecule is Cc1nc(CC(C)(O)c2ccccc2F)sc1C. The van der Waals surface area contributed by atoms with Gasteiger partial charge in [-0.2, -0.15) is 0 Å². The first-order valence-corrected chi connectivity index (χ1v) is 6.62. The van der Waals surface area contributed by atoms with Crippen LogP contribution < -0.4 is 0 Å². The van der Waals surface area contributed by atoms with Gasteiger partial charge in [0.25, 0.3) is 0 Å². The summed E-state index contributed by atoms with van der Waals surface area (Å²) >= 11 is 1.55. The first kappa shape index (κ1) is 13.2. The van der Waals surface area contributed by atoms with Gasteiger partial charge in [-0.15, -0.1) is 11.3 Å². The number of halogens is 1. The predicted molar refractivity (Wildman–Crippen MR) is 71.3 cm³/mol. The zero-order valence-corrected chi connectivity index (χ0v) is 11.5. The maximum atomic E-state index is 13.7. The molecule has 2 rings (SSSR count). The third-order valence-corrected chi connectivity index (χ3v) is 4.10. The van der Waals surface area contributed by atoms with Crippen LogP contribution in [0.15, 0.2) is 24.3 Å². The van der Waals surface area contributed by atoms with Crippen LogP contribution in [0, 0.1) is 19.7 Å². The molecule has 0 spiro atoms. The maximum absolute atomic E-state index is 13.7. The number of hydrogen-bond acceptors (Lipinski definition) is 3. The fourth-order valence-corrected chi connectivity index (χ4v) is 2.99. The number of rotatable bonds is 3. The van der Waals surface area contributed by atoms with Crippen molar-refractivity contribution >= 4 is 11.3 Å². The van der Waals surface area contributed by atoms with Crippen molar-refractivity contribution in [1.82, 2.24) is 4.98 Å². The molecule has 0 fully saturated rings. The van der Waals surface area contributed by atoms with Crippen LogP contribution in [0.5, 0.6) is 0 Å². The number of thiazole rings is 1. The summed E-state index contributed by atoms with van der Waals surface area (Å²) in [4.78, 5) is 5.52. The van der Waals surface area contributed by atoms with Gasteiger partial charge in [-0.25, -0.2) is 9.37 Å². The van der Waals surface area contributed by atoms with Crippen LogP contribution in [0.3, 0.4) is 0 Å². The lowest BCUT2D eigenvalue weighted by molar-refractivity contribution is 0.0537. The minimum atomic E-state index is -1.23. The molecule has 4 heteroatoms. The highest BCUT2D eigenvalue weighted by Gasteiger charge is 2.28. The molecule has 1 aromatic heterocycles. The summed E-state index contributed by atoms with van der Waals surface area (Å²) in [6.07, 6.45) is 0.327. The number of benzene rings is 1. The lowest BCUT2D eigenvalue weighted by Crippen LogP contribution is -2.25. The van der Waals surface area contributed by atoms with Crippen molar-refractivity contribution in [3.8, 4) is 0 Å². The molecule has 1 heterocycles. The monoisotopic (exact) mass is 265 g/mol. The molecule has 18 heavy (non-hydrogen) atoms. The zero-order valence-electron chi connectivity index (χ0n) is 10.7. The highest BCUT2D eigenvalue weighted by atomic mass is 32.1. The van der Waals surface area contributed by atoms with Crippen LogP contribution in [0.1, 0.15) is 28.1 Å². The molecule has 2 nitrogen and oxygen atoms in total. The van der Waals surface area contributed by atoms with E-state index in [1.54, 1.807) is 36.5 Å². The second-order valence-corrected chi connectivity index (χ2v) is 5.97. The van der Waals surface area contributed by atoms with Gasteiger partial charge in [0.15, 0.2) is 0 Å². The summed E-state index contributed by atoms with van der Waals surface area (Å²) in [6.45, 7) is 5.55. The Balaban J connectivity index is 2.29. The van der Waals surface area contributed by atoms with Crippen LogP contribution in [-0.4, -0.2) is 10.1 Å².